The molecule has 0 bridgehead atoms. The minimum Gasteiger partial charge on any atom is -0.332 e. The molecular weight excluding hydrogens is 294 g/mol. The predicted molar refractivity (Wildman–Crippen MR) is 91.0 cm³/mol. The van der Waals surface area contributed by atoms with Gasteiger partial charge in [-0.05, 0) is 5.56 Å². The summed E-state index contributed by atoms with van der Waals surface area (Å²) < 4.78 is 0. The summed E-state index contributed by atoms with van der Waals surface area (Å²) in [7, 11) is 1.80. The zero-order valence-corrected chi connectivity index (χ0v) is 14.4. The molecule has 0 spiro atoms. The van der Waals surface area contributed by atoms with E-state index in [0.29, 0.717) is 13.1 Å². The average Bonchev–Trinajstić information content (AvgIpc) is 2.94. The molecule has 1 heterocycles. The molecule has 0 saturated heterocycles. The van der Waals surface area contributed by atoms with Crippen LogP contribution < -0.4 is 5.32 Å². The van der Waals surface area contributed by atoms with Crippen molar-refractivity contribution in [3.63, 3.8) is 0 Å². The van der Waals surface area contributed by atoms with E-state index in [-0.39, 0.29) is 11.4 Å². The van der Waals surface area contributed by atoms with Gasteiger partial charge in [0.05, 0.1) is 17.2 Å². The first-order valence-corrected chi connectivity index (χ1v) is 8.22. The SMILES string of the molecule is CN(Cc1ccccc1)C(=O)NCc1csc(C(C)(C)C)n1. The molecule has 118 valence electrons. The summed E-state index contributed by atoms with van der Waals surface area (Å²) in [4.78, 5) is 18.4. The highest BCUT2D eigenvalue weighted by molar-refractivity contribution is 7.09. The normalized spacial score (nSPS) is 11.3. The van der Waals surface area contributed by atoms with Gasteiger partial charge in [-0.15, -0.1) is 11.3 Å². The monoisotopic (exact) mass is 317 g/mol. The van der Waals surface area contributed by atoms with Crippen molar-refractivity contribution in [1.82, 2.24) is 15.2 Å². The molecular formula is C17H23N3OS. The molecule has 1 aromatic heterocycles. The summed E-state index contributed by atoms with van der Waals surface area (Å²) in [5, 5.41) is 6.02. The largest absolute Gasteiger partial charge is 0.332 e. The Labute approximate surface area is 136 Å². The summed E-state index contributed by atoms with van der Waals surface area (Å²) in [5.74, 6) is 0. The molecule has 1 N–H and O–H groups in total. The third-order valence-electron chi connectivity index (χ3n) is 3.22. The van der Waals surface area contributed by atoms with Crippen molar-refractivity contribution >= 4 is 17.4 Å². The molecule has 0 saturated carbocycles. The topological polar surface area (TPSA) is 45.2 Å². The van der Waals surface area contributed by atoms with E-state index < -0.39 is 0 Å². The molecule has 0 aliphatic heterocycles. The first-order valence-electron chi connectivity index (χ1n) is 7.34. The Kier molecular flexibility index (Phi) is 5.19. The number of nitrogens with one attached hydrogen (secondary N) is 1. The third kappa shape index (κ3) is 4.56. The predicted octanol–water partition coefficient (Wildman–Crippen LogP) is 3.78. The van der Waals surface area contributed by atoms with E-state index in [1.807, 2.05) is 35.7 Å². The lowest BCUT2D eigenvalue weighted by Crippen LogP contribution is -2.36. The van der Waals surface area contributed by atoms with Gasteiger partial charge in [-0.3, -0.25) is 0 Å². The van der Waals surface area contributed by atoms with Crippen molar-refractivity contribution in [3.05, 3.63) is 52.0 Å². The fraction of sp³-hybridized carbons (Fsp3) is 0.412. The first kappa shape index (κ1) is 16.5. The molecule has 0 atom stereocenters. The number of aromatic nitrogens is 1. The number of nitrogens with zero attached hydrogens (tertiary/aromatic N) is 2. The number of hydrogen-bond acceptors (Lipinski definition) is 3. The van der Waals surface area contributed by atoms with Gasteiger partial charge in [0, 0.05) is 24.4 Å². The fourth-order valence-corrected chi connectivity index (χ4v) is 2.87. The van der Waals surface area contributed by atoms with Gasteiger partial charge in [-0.2, -0.15) is 0 Å². The molecule has 2 rings (SSSR count). The van der Waals surface area contributed by atoms with Gasteiger partial charge in [-0.25, -0.2) is 9.78 Å². The van der Waals surface area contributed by atoms with Gasteiger partial charge in [0.1, 0.15) is 0 Å². The highest BCUT2D eigenvalue weighted by Crippen LogP contribution is 2.25. The Balaban J connectivity index is 1.86. The Morgan fingerprint density at radius 1 is 1.27 bits per heavy atom. The van der Waals surface area contributed by atoms with E-state index in [4.69, 9.17) is 0 Å². The maximum Gasteiger partial charge on any atom is 0.317 e. The van der Waals surface area contributed by atoms with Crippen LogP contribution in [0.3, 0.4) is 0 Å². The van der Waals surface area contributed by atoms with Gasteiger partial charge in [0.15, 0.2) is 0 Å². The highest BCUT2D eigenvalue weighted by Gasteiger charge is 2.18. The zero-order valence-electron chi connectivity index (χ0n) is 13.6. The molecule has 0 aliphatic carbocycles. The Hall–Kier alpha value is -1.88. The van der Waals surface area contributed by atoms with Gasteiger partial charge in [-0.1, -0.05) is 51.1 Å². The summed E-state index contributed by atoms with van der Waals surface area (Å²) in [6.45, 7) is 7.48. The van der Waals surface area contributed by atoms with E-state index in [9.17, 15) is 4.79 Å². The van der Waals surface area contributed by atoms with Crippen LogP contribution in [-0.4, -0.2) is 23.0 Å². The molecule has 0 unspecified atom stereocenters. The summed E-state index contributed by atoms with van der Waals surface area (Å²) in [6.07, 6.45) is 0. The molecule has 0 fully saturated rings. The maximum absolute atomic E-state index is 12.1. The van der Waals surface area contributed by atoms with Gasteiger partial charge >= 0.3 is 6.03 Å². The van der Waals surface area contributed by atoms with Crippen molar-refractivity contribution in [2.75, 3.05) is 7.05 Å². The number of amides is 2. The van der Waals surface area contributed by atoms with Crippen LogP contribution in [0.2, 0.25) is 0 Å². The van der Waals surface area contributed by atoms with E-state index in [0.717, 1.165) is 16.3 Å². The second-order valence-electron chi connectivity index (χ2n) is 6.39. The minimum absolute atomic E-state index is 0.0526. The lowest BCUT2D eigenvalue weighted by molar-refractivity contribution is 0.206. The summed E-state index contributed by atoms with van der Waals surface area (Å²) in [6, 6.07) is 9.86. The third-order valence-corrected chi connectivity index (χ3v) is 4.54. The lowest BCUT2D eigenvalue weighted by Gasteiger charge is -2.17. The molecule has 4 nitrogen and oxygen atoms in total. The van der Waals surface area contributed by atoms with Crippen LogP contribution in [0.1, 0.15) is 37.0 Å². The van der Waals surface area contributed by atoms with Crippen LogP contribution in [-0.2, 0) is 18.5 Å². The number of benzene rings is 1. The summed E-state index contributed by atoms with van der Waals surface area (Å²) in [5.41, 5.74) is 2.08. The van der Waals surface area contributed by atoms with Crippen molar-refractivity contribution in [2.45, 2.75) is 39.3 Å². The molecule has 1 aromatic carbocycles. The quantitative estimate of drug-likeness (QED) is 0.932. The molecule has 5 heteroatoms. The fourth-order valence-electron chi connectivity index (χ4n) is 1.96. The number of thiazole rings is 1. The number of carbonyl (C=O) groups excluding carboxylic acids is 1. The van der Waals surface area contributed by atoms with E-state index >= 15 is 0 Å². The Morgan fingerprint density at radius 3 is 2.55 bits per heavy atom. The van der Waals surface area contributed by atoms with Crippen LogP contribution in [0, 0.1) is 0 Å². The van der Waals surface area contributed by atoms with E-state index in [1.165, 1.54) is 0 Å². The van der Waals surface area contributed by atoms with Crippen molar-refractivity contribution in [1.29, 1.82) is 0 Å². The van der Waals surface area contributed by atoms with Crippen molar-refractivity contribution < 1.29 is 4.79 Å². The lowest BCUT2D eigenvalue weighted by atomic mass is 9.98. The van der Waals surface area contributed by atoms with Crippen LogP contribution in [0.25, 0.3) is 0 Å². The second-order valence-corrected chi connectivity index (χ2v) is 7.25. The maximum atomic E-state index is 12.1. The first-order chi connectivity index (χ1) is 10.4. The Morgan fingerprint density at radius 2 is 1.95 bits per heavy atom. The average molecular weight is 317 g/mol. The van der Waals surface area contributed by atoms with Crippen LogP contribution in [0.15, 0.2) is 35.7 Å². The second kappa shape index (κ2) is 6.92. The highest BCUT2D eigenvalue weighted by atomic mass is 32.1. The number of rotatable bonds is 4. The molecule has 0 radical (unpaired) electrons. The minimum atomic E-state index is -0.0887. The molecule has 22 heavy (non-hydrogen) atoms. The smallest absolute Gasteiger partial charge is 0.317 e. The van der Waals surface area contributed by atoms with Gasteiger partial charge in [0.2, 0.25) is 0 Å². The van der Waals surface area contributed by atoms with Crippen molar-refractivity contribution in [3.8, 4) is 0 Å². The van der Waals surface area contributed by atoms with Crippen LogP contribution >= 0.6 is 11.3 Å². The van der Waals surface area contributed by atoms with Crippen molar-refractivity contribution in [2.24, 2.45) is 0 Å². The molecule has 2 aromatic rings. The van der Waals surface area contributed by atoms with Gasteiger partial charge in [0.25, 0.3) is 0 Å². The molecule has 0 aliphatic rings. The standard InChI is InChI=1S/C17H23N3OS/c1-17(2,3)15-19-14(12-22-15)10-18-16(21)20(4)11-13-8-6-5-7-9-13/h5-9,12H,10-11H2,1-4H3,(H,18,21). The van der Waals surface area contributed by atoms with E-state index in [1.54, 1.807) is 23.3 Å². The number of urea groups is 1. The number of carbonyl (C=O) groups is 1. The molecule has 2 amide bonds. The van der Waals surface area contributed by atoms with Crippen LogP contribution in [0.4, 0.5) is 4.79 Å². The van der Waals surface area contributed by atoms with E-state index in [2.05, 4.69) is 31.1 Å². The zero-order chi connectivity index (χ0) is 16.2. The number of hydrogen-bond donors (Lipinski definition) is 1. The van der Waals surface area contributed by atoms with Gasteiger partial charge < -0.3 is 10.2 Å². The Bertz CT molecular complexity index is 616. The summed E-state index contributed by atoms with van der Waals surface area (Å²) >= 11 is 1.64. The van der Waals surface area contributed by atoms with Crippen LogP contribution in [0.5, 0.6) is 0 Å².